The highest BCUT2D eigenvalue weighted by Crippen LogP contribution is 2.43. The van der Waals surface area contributed by atoms with Gasteiger partial charge in [0.1, 0.15) is 6.54 Å². The zero-order chi connectivity index (χ0) is 25.2. The van der Waals surface area contributed by atoms with Gasteiger partial charge in [-0.3, -0.25) is 9.59 Å². The van der Waals surface area contributed by atoms with Crippen LogP contribution in [0, 0.1) is 0 Å². The van der Waals surface area contributed by atoms with Crippen LogP contribution < -0.4 is 26.7 Å². The van der Waals surface area contributed by atoms with Gasteiger partial charge in [-0.15, -0.1) is 0 Å². The number of hydrogen-bond donors (Lipinski definition) is 2. The summed E-state index contributed by atoms with van der Waals surface area (Å²) in [6, 6.07) is 34.5. The third kappa shape index (κ3) is 5.82. The summed E-state index contributed by atoms with van der Waals surface area (Å²) in [7, 11) is -3.36. The molecule has 7 nitrogen and oxygen atoms in total. The minimum atomic E-state index is -3.36. The minimum absolute atomic E-state index is 0.223. The monoisotopic (exact) mass is 496 g/mol. The van der Waals surface area contributed by atoms with Gasteiger partial charge in [0.15, 0.2) is 7.14 Å². The van der Waals surface area contributed by atoms with Crippen molar-refractivity contribution in [3.05, 3.63) is 126 Å². The van der Waals surface area contributed by atoms with Gasteiger partial charge >= 0.3 is 0 Å². The first-order valence-electron chi connectivity index (χ1n) is 11.4. The predicted octanol–water partition coefficient (Wildman–Crippen LogP) is 3.74. The molecular formula is C28H25N4O3P. The molecule has 0 radical (unpaired) electrons. The van der Waals surface area contributed by atoms with Crippen LogP contribution in [0.3, 0.4) is 0 Å². The minimum Gasteiger partial charge on any atom is -0.350 e. The van der Waals surface area contributed by atoms with E-state index in [0.29, 0.717) is 22.5 Å². The Morgan fingerprint density at radius 1 is 0.694 bits per heavy atom. The molecule has 0 heterocycles. The van der Waals surface area contributed by atoms with Crippen LogP contribution in [0.1, 0.15) is 15.9 Å². The van der Waals surface area contributed by atoms with Gasteiger partial charge in [-0.05, 0) is 11.6 Å². The molecule has 0 aliphatic rings. The van der Waals surface area contributed by atoms with Crippen LogP contribution in [0.25, 0.3) is 0 Å². The van der Waals surface area contributed by atoms with E-state index in [1.54, 1.807) is 48.5 Å². The maximum absolute atomic E-state index is 14.7. The Bertz CT molecular complexity index is 1350. The fraction of sp³-hybridized carbons (Fsp3) is 0.0714. The highest BCUT2D eigenvalue weighted by atomic mass is 31.2. The average molecular weight is 497 g/mol. The molecule has 0 atom stereocenters. The van der Waals surface area contributed by atoms with Crippen LogP contribution in [0.4, 0.5) is 0 Å². The number of carbonyl (C=O) groups excluding carboxylic acids is 2. The first-order chi connectivity index (χ1) is 17.6. The van der Waals surface area contributed by atoms with E-state index in [9.17, 15) is 14.2 Å². The van der Waals surface area contributed by atoms with Gasteiger partial charge in [-0.1, -0.05) is 114 Å². The predicted molar refractivity (Wildman–Crippen MR) is 141 cm³/mol. The van der Waals surface area contributed by atoms with Gasteiger partial charge in [-0.25, -0.2) is 5.43 Å². The fourth-order valence-electron chi connectivity index (χ4n) is 3.74. The maximum Gasteiger partial charge on any atom is 0.273 e. The van der Waals surface area contributed by atoms with Crippen molar-refractivity contribution in [2.75, 3.05) is 6.54 Å². The second-order valence-electron chi connectivity index (χ2n) is 7.90. The summed E-state index contributed by atoms with van der Waals surface area (Å²) in [4.78, 5) is 25.1. The Balaban J connectivity index is 1.50. The van der Waals surface area contributed by atoms with E-state index in [-0.39, 0.29) is 18.0 Å². The molecule has 4 aromatic carbocycles. The van der Waals surface area contributed by atoms with E-state index < -0.39 is 13.0 Å². The second-order valence-corrected chi connectivity index (χ2v) is 10.6. The van der Waals surface area contributed by atoms with Crippen LogP contribution >= 0.6 is 7.14 Å². The topological polar surface area (TPSA) is 100.0 Å². The summed E-state index contributed by atoms with van der Waals surface area (Å²) in [5.41, 5.74) is 3.55. The molecule has 4 aromatic rings. The molecule has 0 unspecified atom stereocenters. The van der Waals surface area contributed by atoms with Crippen molar-refractivity contribution in [1.82, 2.24) is 10.7 Å². The lowest BCUT2D eigenvalue weighted by molar-refractivity contribution is -0.119. The number of nitrogens with zero attached hydrogens (tertiary/aromatic N) is 2. The lowest BCUT2D eigenvalue weighted by Crippen LogP contribution is -2.31. The van der Waals surface area contributed by atoms with Crippen LogP contribution in [0.15, 0.2) is 126 Å². The Morgan fingerprint density at radius 3 is 1.83 bits per heavy atom. The molecule has 8 heteroatoms. The van der Waals surface area contributed by atoms with Crippen molar-refractivity contribution in [2.24, 2.45) is 10.3 Å². The molecule has 0 aliphatic carbocycles. The summed E-state index contributed by atoms with van der Waals surface area (Å²) >= 11 is 0. The number of amides is 2. The molecule has 0 fully saturated rings. The van der Waals surface area contributed by atoms with Gasteiger partial charge < -0.3 is 9.88 Å². The van der Waals surface area contributed by atoms with Gasteiger partial charge in [0.05, 0.1) is 5.56 Å². The summed E-state index contributed by atoms with van der Waals surface area (Å²) in [6.45, 7) is 0.143. The fourth-order valence-corrected chi connectivity index (χ4v) is 6.59. The van der Waals surface area contributed by atoms with E-state index in [0.717, 1.165) is 5.56 Å². The third-order valence-corrected chi connectivity index (χ3v) is 8.62. The highest BCUT2D eigenvalue weighted by Gasteiger charge is 2.33. The van der Waals surface area contributed by atoms with E-state index in [1.807, 2.05) is 66.7 Å². The van der Waals surface area contributed by atoms with Gasteiger partial charge in [0.25, 0.3) is 5.91 Å². The highest BCUT2D eigenvalue weighted by molar-refractivity contribution is 7.85. The zero-order valence-electron chi connectivity index (χ0n) is 19.5. The average Bonchev–Trinajstić information content (AvgIpc) is 2.95. The summed E-state index contributed by atoms with van der Waals surface area (Å²) < 4.78 is 14.7. The number of nitrogens with one attached hydrogen (secondary N) is 2. The van der Waals surface area contributed by atoms with Crippen molar-refractivity contribution < 1.29 is 14.2 Å². The molecule has 36 heavy (non-hydrogen) atoms. The third-order valence-electron chi connectivity index (χ3n) is 5.50. The maximum atomic E-state index is 14.7. The van der Waals surface area contributed by atoms with Crippen molar-refractivity contribution in [1.29, 1.82) is 0 Å². The van der Waals surface area contributed by atoms with E-state index >= 15 is 0 Å². The van der Waals surface area contributed by atoms with E-state index in [1.165, 1.54) is 0 Å². The summed E-state index contributed by atoms with van der Waals surface area (Å²) in [6.07, 6.45) is 0. The van der Waals surface area contributed by atoms with E-state index in [2.05, 4.69) is 21.1 Å². The molecule has 0 aliphatic heterocycles. The standard InChI is InChI=1S/C28H25N4O3P/c33-27(29-20-22-12-4-1-5-13-22)21-30-32-31-28(34)25-18-10-11-19-26(25)36(35,23-14-6-2-7-15-23)24-16-8-3-9-17-24/h1-19H,20-21H2,(H,29,33)(H,30,31,34). The molecule has 0 saturated carbocycles. The Hall–Kier alpha value is -4.35. The number of rotatable bonds is 9. The van der Waals surface area contributed by atoms with Crippen LogP contribution in [-0.4, -0.2) is 18.4 Å². The molecule has 2 amide bonds. The van der Waals surface area contributed by atoms with Crippen molar-refractivity contribution in [2.45, 2.75) is 6.54 Å². The molecule has 180 valence electrons. The van der Waals surface area contributed by atoms with Gasteiger partial charge in [0, 0.05) is 22.5 Å². The Kier molecular flexibility index (Phi) is 8.16. The van der Waals surface area contributed by atoms with Crippen LogP contribution in [-0.2, 0) is 15.9 Å². The molecule has 0 bridgehead atoms. The first kappa shape index (κ1) is 24.8. The molecule has 0 spiro atoms. The Morgan fingerprint density at radius 2 is 1.22 bits per heavy atom. The summed E-state index contributed by atoms with van der Waals surface area (Å²) in [5.74, 6) is -0.888. The smallest absolute Gasteiger partial charge is 0.273 e. The summed E-state index contributed by atoms with van der Waals surface area (Å²) in [5, 5.41) is 11.8. The number of hydrogen-bond acceptors (Lipinski definition) is 5. The lowest BCUT2D eigenvalue weighted by Gasteiger charge is -2.22. The van der Waals surface area contributed by atoms with Gasteiger partial charge in [-0.2, -0.15) is 5.11 Å². The SMILES string of the molecule is O=C(C/N=N/NC(=O)c1ccccc1P(=O)(c1ccccc1)c1ccccc1)NCc1ccccc1. The van der Waals surface area contributed by atoms with Crippen molar-refractivity contribution in [3.8, 4) is 0 Å². The second kappa shape index (κ2) is 11.9. The molecule has 4 rings (SSSR count). The largest absolute Gasteiger partial charge is 0.350 e. The van der Waals surface area contributed by atoms with E-state index in [4.69, 9.17) is 0 Å². The zero-order valence-corrected chi connectivity index (χ0v) is 20.3. The molecule has 0 aromatic heterocycles. The van der Waals surface area contributed by atoms with Crippen LogP contribution in [0.5, 0.6) is 0 Å². The van der Waals surface area contributed by atoms with Crippen LogP contribution in [0.2, 0.25) is 0 Å². The van der Waals surface area contributed by atoms with Crippen molar-refractivity contribution >= 4 is 34.9 Å². The normalized spacial score (nSPS) is 11.2. The Labute approximate surface area is 209 Å². The molecular weight excluding hydrogens is 471 g/mol. The lowest BCUT2D eigenvalue weighted by atomic mass is 10.2. The number of carbonyl (C=O) groups is 2. The molecule has 2 N–H and O–H groups in total. The molecule has 0 saturated heterocycles. The first-order valence-corrected chi connectivity index (χ1v) is 13.1. The van der Waals surface area contributed by atoms with Crippen molar-refractivity contribution in [3.63, 3.8) is 0 Å². The van der Waals surface area contributed by atoms with Gasteiger partial charge in [0.2, 0.25) is 5.91 Å². The number of benzene rings is 4. The quantitative estimate of drug-likeness (QED) is 0.210.